The van der Waals surface area contributed by atoms with Crippen LogP contribution < -0.4 is 4.74 Å². The van der Waals surface area contributed by atoms with Gasteiger partial charge in [0, 0.05) is 16.6 Å². The summed E-state index contributed by atoms with van der Waals surface area (Å²) in [6, 6.07) is 12.3. The second-order valence-electron chi connectivity index (χ2n) is 5.35. The Morgan fingerprint density at radius 3 is 2.43 bits per heavy atom. The summed E-state index contributed by atoms with van der Waals surface area (Å²) < 4.78 is 5.54. The van der Waals surface area contributed by atoms with Gasteiger partial charge in [0.1, 0.15) is 5.75 Å². The number of ether oxygens (including phenoxy) is 1. The molecule has 2 heterocycles. The third-order valence-corrected chi connectivity index (χ3v) is 3.61. The maximum absolute atomic E-state index is 5.54. The summed E-state index contributed by atoms with van der Waals surface area (Å²) in [5, 5.41) is 1.05. The number of hydrogen-bond donors (Lipinski definition) is 0. The molecule has 3 aromatic rings. The van der Waals surface area contributed by atoms with E-state index in [9.17, 15) is 0 Å². The van der Waals surface area contributed by atoms with E-state index in [1.165, 1.54) is 5.56 Å². The van der Waals surface area contributed by atoms with Crippen molar-refractivity contribution in [1.82, 2.24) is 9.97 Å². The van der Waals surface area contributed by atoms with E-state index in [0.29, 0.717) is 0 Å². The second kappa shape index (κ2) is 5.17. The molecule has 0 aliphatic carbocycles. The lowest BCUT2D eigenvalue weighted by Crippen LogP contribution is -1.96. The molecule has 0 N–H and O–H groups in total. The van der Waals surface area contributed by atoms with Gasteiger partial charge in [0.15, 0.2) is 5.65 Å². The monoisotopic (exact) mass is 278 g/mol. The Kier molecular flexibility index (Phi) is 3.34. The Morgan fingerprint density at radius 1 is 0.905 bits per heavy atom. The number of benzene rings is 1. The number of rotatable bonds is 2. The van der Waals surface area contributed by atoms with E-state index in [0.717, 1.165) is 39.3 Å². The summed E-state index contributed by atoms with van der Waals surface area (Å²) in [7, 11) is 1.70. The molecule has 106 valence electrons. The topological polar surface area (TPSA) is 35.0 Å². The maximum Gasteiger partial charge on any atom is 0.160 e. The van der Waals surface area contributed by atoms with E-state index in [-0.39, 0.29) is 0 Å². The summed E-state index contributed by atoms with van der Waals surface area (Å²) in [4.78, 5) is 9.23. The van der Waals surface area contributed by atoms with E-state index in [4.69, 9.17) is 9.72 Å². The fraction of sp³-hybridized carbons (Fsp3) is 0.222. The van der Waals surface area contributed by atoms with E-state index in [2.05, 4.69) is 31.0 Å². The number of methoxy groups -OCH3 is 1. The highest BCUT2D eigenvalue weighted by Crippen LogP contribution is 2.33. The van der Waals surface area contributed by atoms with Crippen LogP contribution in [0.5, 0.6) is 5.75 Å². The van der Waals surface area contributed by atoms with Gasteiger partial charge in [0.05, 0.1) is 12.8 Å². The molecule has 0 unspecified atom stereocenters. The molecule has 1 aromatic carbocycles. The third kappa shape index (κ3) is 2.47. The Hall–Kier alpha value is -2.42. The van der Waals surface area contributed by atoms with Gasteiger partial charge in [-0.05, 0) is 62.2 Å². The first-order valence-corrected chi connectivity index (χ1v) is 6.98. The van der Waals surface area contributed by atoms with Gasteiger partial charge in [-0.25, -0.2) is 9.97 Å². The van der Waals surface area contributed by atoms with Crippen LogP contribution in [0, 0.1) is 20.8 Å². The minimum Gasteiger partial charge on any atom is -0.496 e. The first-order valence-electron chi connectivity index (χ1n) is 6.98. The molecule has 21 heavy (non-hydrogen) atoms. The highest BCUT2D eigenvalue weighted by Gasteiger charge is 2.12. The zero-order chi connectivity index (χ0) is 15.0. The van der Waals surface area contributed by atoms with E-state index >= 15 is 0 Å². The van der Waals surface area contributed by atoms with Crippen LogP contribution in [0.15, 0.2) is 36.4 Å². The van der Waals surface area contributed by atoms with Crippen LogP contribution in [0.1, 0.15) is 16.8 Å². The minimum absolute atomic E-state index is 0.773. The Balaban J connectivity index is 2.25. The fourth-order valence-corrected chi connectivity index (χ4v) is 2.65. The Bertz CT molecular complexity index is 825. The van der Waals surface area contributed by atoms with E-state index < -0.39 is 0 Å². The molecule has 0 radical (unpaired) electrons. The number of hydrogen-bond acceptors (Lipinski definition) is 3. The maximum atomic E-state index is 5.54. The quantitative estimate of drug-likeness (QED) is 0.703. The lowest BCUT2D eigenvalue weighted by molar-refractivity contribution is 0.415. The van der Waals surface area contributed by atoms with Gasteiger partial charge in [0.2, 0.25) is 0 Å². The molecular weight excluding hydrogens is 260 g/mol. The van der Waals surface area contributed by atoms with Gasteiger partial charge >= 0.3 is 0 Å². The Labute approximate surface area is 124 Å². The molecule has 0 aliphatic rings. The molecule has 0 amide bonds. The lowest BCUT2D eigenvalue weighted by atomic mass is 10.0. The van der Waals surface area contributed by atoms with Crippen LogP contribution >= 0.6 is 0 Å². The van der Waals surface area contributed by atoms with Gasteiger partial charge in [-0.15, -0.1) is 0 Å². The standard InChI is InChI=1S/C18H18N2O/c1-11-9-12(2)17(16(10-11)21-4)15-8-7-14-6-5-13(3)19-18(14)20-15/h5-10H,1-4H3. The van der Waals surface area contributed by atoms with Crippen LogP contribution in [-0.2, 0) is 0 Å². The summed E-state index contributed by atoms with van der Waals surface area (Å²) in [6.07, 6.45) is 0. The molecule has 0 atom stereocenters. The minimum atomic E-state index is 0.773. The van der Waals surface area contributed by atoms with Crippen molar-refractivity contribution in [2.24, 2.45) is 0 Å². The third-order valence-electron chi connectivity index (χ3n) is 3.61. The molecule has 0 spiro atoms. The van der Waals surface area contributed by atoms with Crippen molar-refractivity contribution in [2.45, 2.75) is 20.8 Å². The normalized spacial score (nSPS) is 10.9. The number of nitrogens with zero attached hydrogens (tertiary/aromatic N) is 2. The molecule has 2 aromatic heterocycles. The van der Waals surface area contributed by atoms with Crippen molar-refractivity contribution in [3.05, 3.63) is 53.2 Å². The second-order valence-corrected chi connectivity index (χ2v) is 5.35. The molecular formula is C18H18N2O. The summed E-state index contributed by atoms with van der Waals surface area (Å²) in [5.41, 5.74) is 6.02. The van der Waals surface area contributed by atoms with E-state index in [1.54, 1.807) is 7.11 Å². The van der Waals surface area contributed by atoms with Crippen LogP contribution in [0.3, 0.4) is 0 Å². The summed E-state index contributed by atoms with van der Waals surface area (Å²) in [6.45, 7) is 6.13. The summed E-state index contributed by atoms with van der Waals surface area (Å²) in [5.74, 6) is 0.854. The molecule has 3 heteroatoms. The highest BCUT2D eigenvalue weighted by molar-refractivity contribution is 5.81. The van der Waals surface area contributed by atoms with Crippen molar-refractivity contribution >= 4 is 11.0 Å². The summed E-state index contributed by atoms with van der Waals surface area (Å²) >= 11 is 0. The van der Waals surface area contributed by atoms with Crippen molar-refractivity contribution in [3.63, 3.8) is 0 Å². The van der Waals surface area contributed by atoms with Gasteiger partial charge < -0.3 is 4.74 Å². The highest BCUT2D eigenvalue weighted by atomic mass is 16.5. The molecule has 3 nitrogen and oxygen atoms in total. The number of aromatic nitrogens is 2. The first kappa shape index (κ1) is 13.6. The lowest BCUT2D eigenvalue weighted by Gasteiger charge is -2.13. The van der Waals surface area contributed by atoms with Crippen LogP contribution in [0.4, 0.5) is 0 Å². The predicted molar refractivity (Wildman–Crippen MR) is 85.7 cm³/mol. The average Bonchev–Trinajstić information content (AvgIpc) is 2.45. The first-order chi connectivity index (χ1) is 10.1. The molecule has 0 fully saturated rings. The molecule has 3 rings (SSSR count). The van der Waals surface area contributed by atoms with Crippen molar-refractivity contribution in [3.8, 4) is 17.0 Å². The largest absolute Gasteiger partial charge is 0.496 e. The zero-order valence-corrected chi connectivity index (χ0v) is 12.8. The van der Waals surface area contributed by atoms with Crippen LogP contribution in [0.25, 0.3) is 22.3 Å². The van der Waals surface area contributed by atoms with Gasteiger partial charge in [-0.1, -0.05) is 6.07 Å². The van der Waals surface area contributed by atoms with E-state index in [1.807, 2.05) is 31.2 Å². The Morgan fingerprint density at radius 2 is 1.67 bits per heavy atom. The van der Waals surface area contributed by atoms with Crippen LogP contribution in [-0.4, -0.2) is 17.1 Å². The fourth-order valence-electron chi connectivity index (χ4n) is 2.65. The number of aryl methyl sites for hydroxylation is 3. The van der Waals surface area contributed by atoms with Gasteiger partial charge in [-0.2, -0.15) is 0 Å². The average molecular weight is 278 g/mol. The van der Waals surface area contributed by atoms with Crippen LogP contribution in [0.2, 0.25) is 0 Å². The SMILES string of the molecule is COc1cc(C)cc(C)c1-c1ccc2ccc(C)nc2n1. The smallest absolute Gasteiger partial charge is 0.160 e. The zero-order valence-electron chi connectivity index (χ0n) is 12.8. The van der Waals surface area contributed by atoms with Gasteiger partial charge in [-0.3, -0.25) is 0 Å². The molecule has 0 bridgehead atoms. The molecule has 0 aliphatic heterocycles. The number of pyridine rings is 2. The van der Waals surface area contributed by atoms with Crippen molar-refractivity contribution < 1.29 is 4.74 Å². The van der Waals surface area contributed by atoms with Crippen molar-refractivity contribution in [1.29, 1.82) is 0 Å². The number of fused-ring (bicyclic) bond motifs is 1. The van der Waals surface area contributed by atoms with Crippen molar-refractivity contribution in [2.75, 3.05) is 7.11 Å². The predicted octanol–water partition coefficient (Wildman–Crippen LogP) is 4.23. The van der Waals surface area contributed by atoms with Gasteiger partial charge in [0.25, 0.3) is 0 Å². The molecule has 0 saturated carbocycles. The molecule has 0 saturated heterocycles.